The third-order valence-corrected chi connectivity index (χ3v) is 4.43. The van der Waals surface area contributed by atoms with Gasteiger partial charge < -0.3 is 9.47 Å². The van der Waals surface area contributed by atoms with Gasteiger partial charge in [-0.2, -0.15) is 0 Å². The zero-order chi connectivity index (χ0) is 19.4. The molecule has 0 spiro atoms. The molecular weight excluding hydrogens is 354 g/mol. The van der Waals surface area contributed by atoms with Crippen molar-refractivity contribution in [3.63, 3.8) is 0 Å². The van der Waals surface area contributed by atoms with Gasteiger partial charge in [0.2, 0.25) is 5.90 Å². The predicted octanol–water partition coefficient (Wildman–Crippen LogP) is 3.58. The van der Waals surface area contributed by atoms with Crippen LogP contribution in [0.2, 0.25) is 0 Å². The molecule has 0 saturated heterocycles. The number of hydrogen-bond donors (Lipinski definition) is 0. The van der Waals surface area contributed by atoms with E-state index in [4.69, 9.17) is 9.47 Å². The molecule has 0 aromatic heterocycles. The summed E-state index contributed by atoms with van der Waals surface area (Å²) >= 11 is 0. The zero-order valence-electron chi connectivity index (χ0n) is 14.9. The van der Waals surface area contributed by atoms with Gasteiger partial charge in [-0.05, 0) is 29.8 Å². The van der Waals surface area contributed by atoms with E-state index in [2.05, 4.69) is 4.99 Å². The quantitative estimate of drug-likeness (QED) is 0.391. The van der Waals surface area contributed by atoms with Gasteiger partial charge in [0.25, 0.3) is 5.54 Å². The minimum atomic E-state index is -1.79. The number of cyclic esters (lactones) is 1. The molecule has 1 aliphatic heterocycles. The van der Waals surface area contributed by atoms with Gasteiger partial charge in [0.1, 0.15) is 5.75 Å². The van der Waals surface area contributed by atoms with Gasteiger partial charge in [-0.15, -0.1) is 0 Å². The standard InChI is InChI=1S/C23H17NO4/c25-21(27-19-14-8-3-9-15-19)23(16-17-10-4-1-5-11-17)22(26)28-20(24-23)18-12-6-2-7-13-18/h1-15H,16H2/t23-/m0/s1. The van der Waals surface area contributed by atoms with Crippen LogP contribution >= 0.6 is 0 Å². The van der Waals surface area contributed by atoms with Crippen LogP contribution in [0.15, 0.2) is 96.0 Å². The largest absolute Gasteiger partial charge is 0.424 e. The van der Waals surface area contributed by atoms with Gasteiger partial charge in [-0.1, -0.05) is 66.7 Å². The highest BCUT2D eigenvalue weighted by Crippen LogP contribution is 2.30. The Morgan fingerprint density at radius 1 is 0.857 bits per heavy atom. The molecule has 28 heavy (non-hydrogen) atoms. The molecule has 5 nitrogen and oxygen atoms in total. The molecule has 0 bridgehead atoms. The summed E-state index contributed by atoms with van der Waals surface area (Å²) < 4.78 is 10.9. The molecule has 0 radical (unpaired) electrons. The number of rotatable bonds is 5. The molecule has 4 rings (SSSR count). The zero-order valence-corrected chi connectivity index (χ0v) is 14.9. The Hall–Kier alpha value is -3.73. The lowest BCUT2D eigenvalue weighted by atomic mass is 9.92. The smallest absolute Gasteiger partial charge is 0.353 e. The number of benzene rings is 3. The lowest BCUT2D eigenvalue weighted by Gasteiger charge is -2.20. The van der Waals surface area contributed by atoms with Crippen molar-refractivity contribution >= 4 is 17.8 Å². The number of carbonyl (C=O) groups excluding carboxylic acids is 2. The van der Waals surface area contributed by atoms with Crippen LogP contribution in [0.25, 0.3) is 0 Å². The highest BCUT2D eigenvalue weighted by Gasteiger charge is 2.54. The normalized spacial score (nSPS) is 18.3. The van der Waals surface area contributed by atoms with E-state index in [1.54, 1.807) is 36.4 Å². The maximum atomic E-state index is 13.1. The molecule has 1 aliphatic rings. The van der Waals surface area contributed by atoms with E-state index in [-0.39, 0.29) is 12.3 Å². The van der Waals surface area contributed by atoms with Crippen molar-refractivity contribution in [2.24, 2.45) is 4.99 Å². The Morgan fingerprint density at radius 2 is 1.43 bits per heavy atom. The molecule has 0 unspecified atom stereocenters. The molecular formula is C23H17NO4. The van der Waals surface area contributed by atoms with E-state index in [1.165, 1.54) is 0 Å². The first-order valence-electron chi connectivity index (χ1n) is 8.86. The molecule has 0 N–H and O–H groups in total. The van der Waals surface area contributed by atoms with Gasteiger partial charge in [0.15, 0.2) is 0 Å². The number of aliphatic imine (C=N–C) groups is 1. The van der Waals surface area contributed by atoms with E-state index in [0.717, 1.165) is 5.56 Å². The Morgan fingerprint density at radius 3 is 2.07 bits per heavy atom. The molecule has 0 fully saturated rings. The third kappa shape index (κ3) is 3.42. The second-order valence-electron chi connectivity index (χ2n) is 6.40. The monoisotopic (exact) mass is 371 g/mol. The third-order valence-electron chi connectivity index (χ3n) is 4.43. The Kier molecular flexibility index (Phi) is 4.72. The van der Waals surface area contributed by atoms with Gasteiger partial charge in [-0.25, -0.2) is 14.6 Å². The lowest BCUT2D eigenvalue weighted by molar-refractivity contribution is -0.151. The first-order valence-corrected chi connectivity index (χ1v) is 8.86. The maximum Gasteiger partial charge on any atom is 0.353 e. The summed E-state index contributed by atoms with van der Waals surface area (Å²) in [7, 11) is 0. The average Bonchev–Trinajstić information content (AvgIpc) is 3.07. The van der Waals surface area contributed by atoms with Crippen LogP contribution in [0.1, 0.15) is 11.1 Å². The fraction of sp³-hybridized carbons (Fsp3) is 0.0870. The SMILES string of the molecule is O=C1OC(c2ccccc2)=N[C@@]1(Cc1ccccc1)C(=O)Oc1ccccc1. The fourth-order valence-corrected chi connectivity index (χ4v) is 3.00. The van der Waals surface area contributed by atoms with E-state index in [1.807, 2.05) is 54.6 Å². The van der Waals surface area contributed by atoms with E-state index in [0.29, 0.717) is 11.3 Å². The Bertz CT molecular complexity index is 1020. The lowest BCUT2D eigenvalue weighted by Crippen LogP contribution is -2.47. The molecule has 0 amide bonds. The van der Waals surface area contributed by atoms with Crippen LogP contribution in [0.5, 0.6) is 5.75 Å². The van der Waals surface area contributed by atoms with Crippen LogP contribution in [0.4, 0.5) is 0 Å². The second-order valence-corrected chi connectivity index (χ2v) is 6.40. The topological polar surface area (TPSA) is 65.0 Å². The summed E-state index contributed by atoms with van der Waals surface area (Å²) in [5.74, 6) is -1.04. The number of carbonyl (C=O) groups is 2. The van der Waals surface area contributed by atoms with Gasteiger partial charge in [0, 0.05) is 12.0 Å². The summed E-state index contributed by atoms with van der Waals surface area (Å²) in [5.41, 5.74) is -0.386. The van der Waals surface area contributed by atoms with E-state index < -0.39 is 17.5 Å². The molecule has 1 atom stereocenters. The minimum Gasteiger partial charge on any atom is -0.424 e. The van der Waals surface area contributed by atoms with Gasteiger partial charge in [0.05, 0.1) is 0 Å². The van der Waals surface area contributed by atoms with E-state index in [9.17, 15) is 9.59 Å². The highest BCUT2D eigenvalue weighted by molar-refractivity contribution is 6.17. The van der Waals surface area contributed by atoms with Crippen LogP contribution in [-0.4, -0.2) is 23.4 Å². The van der Waals surface area contributed by atoms with E-state index >= 15 is 0 Å². The van der Waals surface area contributed by atoms with Crippen LogP contribution < -0.4 is 4.74 Å². The van der Waals surface area contributed by atoms with Gasteiger partial charge in [-0.3, -0.25) is 0 Å². The van der Waals surface area contributed by atoms with Gasteiger partial charge >= 0.3 is 11.9 Å². The Labute approximate surface area is 162 Å². The van der Waals surface area contributed by atoms with Crippen molar-refractivity contribution in [1.82, 2.24) is 0 Å². The predicted molar refractivity (Wildman–Crippen MR) is 104 cm³/mol. The number of esters is 2. The summed E-state index contributed by atoms with van der Waals surface area (Å²) in [6.45, 7) is 0. The van der Waals surface area contributed by atoms with Crippen molar-refractivity contribution < 1.29 is 19.1 Å². The number of nitrogens with zero attached hydrogens (tertiary/aromatic N) is 1. The first kappa shape index (κ1) is 17.7. The fourth-order valence-electron chi connectivity index (χ4n) is 3.00. The minimum absolute atomic E-state index is 0.0503. The average molecular weight is 371 g/mol. The molecule has 5 heteroatoms. The first-order chi connectivity index (χ1) is 13.7. The molecule has 3 aromatic rings. The maximum absolute atomic E-state index is 13.1. The molecule has 0 aliphatic carbocycles. The number of ether oxygens (including phenoxy) is 2. The number of hydrogen-bond acceptors (Lipinski definition) is 5. The highest BCUT2D eigenvalue weighted by atomic mass is 16.6. The van der Waals surface area contributed by atoms with Crippen molar-refractivity contribution in [3.05, 3.63) is 102 Å². The summed E-state index contributed by atoms with van der Waals surface area (Å²) in [5, 5.41) is 0. The molecule has 0 saturated carbocycles. The summed E-state index contributed by atoms with van der Waals surface area (Å²) in [6.07, 6.45) is 0.0503. The van der Waals surface area contributed by atoms with Crippen molar-refractivity contribution in [2.45, 2.75) is 12.0 Å². The Balaban J connectivity index is 1.74. The van der Waals surface area contributed by atoms with Crippen LogP contribution in [0, 0.1) is 0 Å². The van der Waals surface area contributed by atoms with Crippen molar-refractivity contribution in [2.75, 3.05) is 0 Å². The summed E-state index contributed by atoms with van der Waals surface area (Å²) in [6, 6.07) is 26.8. The van der Waals surface area contributed by atoms with Crippen molar-refractivity contribution in [3.8, 4) is 5.75 Å². The molecule has 138 valence electrons. The van der Waals surface area contributed by atoms with Crippen molar-refractivity contribution in [1.29, 1.82) is 0 Å². The second kappa shape index (κ2) is 7.48. The van der Waals surface area contributed by atoms with Crippen LogP contribution in [0.3, 0.4) is 0 Å². The summed E-state index contributed by atoms with van der Waals surface area (Å²) in [4.78, 5) is 30.4. The molecule has 3 aromatic carbocycles. The number of para-hydroxylation sites is 1. The van der Waals surface area contributed by atoms with Crippen LogP contribution in [-0.2, 0) is 20.7 Å². The molecule has 1 heterocycles.